The number of rotatable bonds is 9. The van der Waals surface area contributed by atoms with Gasteiger partial charge >= 0.3 is 0 Å². The van der Waals surface area contributed by atoms with Gasteiger partial charge in [-0.15, -0.1) is 10.2 Å². The third-order valence-electron chi connectivity index (χ3n) is 5.00. The predicted octanol–water partition coefficient (Wildman–Crippen LogP) is 4.91. The van der Waals surface area contributed by atoms with Crippen molar-refractivity contribution in [1.29, 1.82) is 0 Å². The summed E-state index contributed by atoms with van der Waals surface area (Å²) in [6.45, 7) is 3.83. The van der Waals surface area contributed by atoms with Crippen LogP contribution in [0.4, 0.5) is 4.39 Å². The second kappa shape index (κ2) is 9.91. The number of halogens is 1. The number of benzene rings is 2. The second-order valence-corrected chi connectivity index (χ2v) is 8.30. The van der Waals surface area contributed by atoms with E-state index >= 15 is 0 Å². The molecule has 0 unspecified atom stereocenters. The molecule has 0 saturated heterocycles. The number of nitrogens with one attached hydrogen (secondary N) is 1. The van der Waals surface area contributed by atoms with E-state index in [1.807, 2.05) is 19.9 Å². The van der Waals surface area contributed by atoms with Gasteiger partial charge < -0.3 is 14.5 Å². The van der Waals surface area contributed by atoms with E-state index < -0.39 is 5.82 Å². The van der Waals surface area contributed by atoms with Crippen molar-refractivity contribution in [2.45, 2.75) is 25.6 Å². The molecule has 7 nitrogen and oxygen atoms in total. The zero-order chi connectivity index (χ0) is 23.4. The molecule has 0 aliphatic carbocycles. The van der Waals surface area contributed by atoms with Crippen LogP contribution in [-0.2, 0) is 6.61 Å². The van der Waals surface area contributed by atoms with Gasteiger partial charge in [0, 0.05) is 17.0 Å². The van der Waals surface area contributed by atoms with E-state index in [-0.39, 0.29) is 18.1 Å². The fourth-order valence-corrected chi connectivity index (χ4v) is 4.25. The highest BCUT2D eigenvalue weighted by molar-refractivity contribution is 7.99. The van der Waals surface area contributed by atoms with Crippen LogP contribution in [0.1, 0.15) is 27.6 Å². The second-order valence-electron chi connectivity index (χ2n) is 7.35. The van der Waals surface area contributed by atoms with Crippen molar-refractivity contribution in [3.05, 3.63) is 83.2 Å². The van der Waals surface area contributed by atoms with Crippen LogP contribution >= 0.6 is 11.8 Å². The van der Waals surface area contributed by atoms with E-state index in [4.69, 9.17) is 9.47 Å². The quantitative estimate of drug-likeness (QED) is 0.279. The Kier molecular flexibility index (Phi) is 6.79. The van der Waals surface area contributed by atoms with Crippen molar-refractivity contribution in [1.82, 2.24) is 19.7 Å². The van der Waals surface area contributed by atoms with Crippen LogP contribution in [0, 0.1) is 19.7 Å². The van der Waals surface area contributed by atoms with Crippen molar-refractivity contribution in [3.63, 3.8) is 0 Å². The maximum atomic E-state index is 14.7. The number of nitrogens with zero attached hydrogens (tertiary/aromatic N) is 3. The molecule has 0 amide bonds. The van der Waals surface area contributed by atoms with Crippen LogP contribution < -0.4 is 9.47 Å². The van der Waals surface area contributed by atoms with Crippen molar-refractivity contribution < 1.29 is 18.7 Å². The molecule has 0 bridgehead atoms. The van der Waals surface area contributed by atoms with Crippen molar-refractivity contribution in [3.8, 4) is 17.2 Å². The van der Waals surface area contributed by atoms with Gasteiger partial charge in [-0.05, 0) is 56.3 Å². The highest BCUT2D eigenvalue weighted by atomic mass is 32.2. The summed E-state index contributed by atoms with van der Waals surface area (Å²) in [6, 6.07) is 15.3. The molecule has 0 spiro atoms. The Labute approximate surface area is 195 Å². The molecule has 2 heterocycles. The van der Waals surface area contributed by atoms with Crippen LogP contribution in [0.2, 0.25) is 0 Å². The van der Waals surface area contributed by atoms with Gasteiger partial charge in [0.25, 0.3) is 0 Å². The summed E-state index contributed by atoms with van der Waals surface area (Å²) in [5.41, 5.74) is 2.68. The van der Waals surface area contributed by atoms with Crippen LogP contribution in [0.15, 0.2) is 59.8 Å². The van der Waals surface area contributed by atoms with Gasteiger partial charge in [0.05, 0.1) is 18.6 Å². The van der Waals surface area contributed by atoms with E-state index in [1.165, 1.54) is 17.8 Å². The average Bonchev–Trinajstić information content (AvgIpc) is 3.38. The minimum absolute atomic E-state index is 0.0408. The van der Waals surface area contributed by atoms with Gasteiger partial charge in [-0.3, -0.25) is 9.36 Å². The van der Waals surface area contributed by atoms with Crippen LogP contribution in [0.5, 0.6) is 11.5 Å². The van der Waals surface area contributed by atoms with Crippen molar-refractivity contribution >= 4 is 17.5 Å². The first-order valence-electron chi connectivity index (χ1n) is 10.2. The molecule has 170 valence electrons. The molecule has 4 rings (SSSR count). The monoisotopic (exact) mass is 466 g/mol. The third-order valence-corrected chi connectivity index (χ3v) is 5.93. The number of Topliss-reactive ketones (excluding diaryl/α,β-unsaturated/α-hetero) is 1. The highest BCUT2D eigenvalue weighted by Crippen LogP contribution is 2.26. The van der Waals surface area contributed by atoms with E-state index in [9.17, 15) is 9.18 Å². The number of hydrogen-bond acceptors (Lipinski definition) is 6. The average molecular weight is 467 g/mol. The number of ketones is 1. The topological polar surface area (TPSA) is 82.0 Å². The number of H-pyrrole nitrogens is 1. The molecule has 0 atom stereocenters. The fourth-order valence-electron chi connectivity index (χ4n) is 3.40. The Hall–Kier alpha value is -3.59. The molecule has 9 heteroatoms. The number of para-hydroxylation sites is 1. The zero-order valence-corrected chi connectivity index (χ0v) is 19.3. The molecule has 4 aromatic rings. The van der Waals surface area contributed by atoms with E-state index in [2.05, 4.69) is 15.2 Å². The summed E-state index contributed by atoms with van der Waals surface area (Å²) in [4.78, 5) is 15.9. The molecule has 0 radical (unpaired) electrons. The minimum Gasteiger partial charge on any atom is -0.497 e. The highest BCUT2D eigenvalue weighted by Gasteiger charge is 2.20. The van der Waals surface area contributed by atoms with Gasteiger partial charge in [0.1, 0.15) is 23.9 Å². The number of methoxy groups -OCH3 is 1. The van der Waals surface area contributed by atoms with Crippen LogP contribution in [0.3, 0.4) is 0 Å². The van der Waals surface area contributed by atoms with Crippen LogP contribution in [0.25, 0.3) is 5.69 Å². The molecule has 1 N–H and O–H groups in total. The maximum absolute atomic E-state index is 14.7. The number of aromatic amines is 1. The SMILES string of the molecule is COc1ccc(OCc2nnc(SCC(=O)c3cc(C)[nH]c3C)n2-c2ccccc2F)cc1. The van der Waals surface area contributed by atoms with E-state index in [0.717, 1.165) is 11.4 Å². The van der Waals surface area contributed by atoms with E-state index in [0.29, 0.717) is 33.7 Å². The van der Waals surface area contributed by atoms with Gasteiger partial charge in [-0.2, -0.15) is 0 Å². The zero-order valence-electron chi connectivity index (χ0n) is 18.5. The predicted molar refractivity (Wildman–Crippen MR) is 124 cm³/mol. The van der Waals surface area contributed by atoms with Gasteiger partial charge in [-0.1, -0.05) is 23.9 Å². The third kappa shape index (κ3) is 5.09. The molecule has 2 aromatic heterocycles. The summed E-state index contributed by atoms with van der Waals surface area (Å²) in [6.07, 6.45) is 0. The standard InChI is InChI=1S/C24H23FN4O3S/c1-15-12-19(16(2)26-15)22(30)14-33-24-28-27-23(29(24)21-7-5-4-6-20(21)25)13-32-18-10-8-17(31-3)9-11-18/h4-12,26H,13-14H2,1-3H3. The van der Waals surface area contributed by atoms with Gasteiger partial charge in [-0.25, -0.2) is 4.39 Å². The molecular weight excluding hydrogens is 443 g/mol. The lowest BCUT2D eigenvalue weighted by Gasteiger charge is -2.12. The molecule has 0 aliphatic heterocycles. The Balaban J connectivity index is 1.57. The number of aromatic nitrogens is 4. The lowest BCUT2D eigenvalue weighted by molar-refractivity contribution is 0.102. The summed E-state index contributed by atoms with van der Waals surface area (Å²) >= 11 is 1.21. The van der Waals surface area contributed by atoms with E-state index in [1.54, 1.807) is 54.1 Å². The Morgan fingerprint density at radius 3 is 2.48 bits per heavy atom. The van der Waals surface area contributed by atoms with Crippen LogP contribution in [-0.4, -0.2) is 38.4 Å². The van der Waals surface area contributed by atoms with Crippen molar-refractivity contribution in [2.75, 3.05) is 12.9 Å². The Bertz CT molecular complexity index is 1270. The molecule has 0 saturated carbocycles. The largest absolute Gasteiger partial charge is 0.497 e. The lowest BCUT2D eigenvalue weighted by Crippen LogP contribution is -2.09. The van der Waals surface area contributed by atoms with Crippen molar-refractivity contribution in [2.24, 2.45) is 0 Å². The lowest BCUT2D eigenvalue weighted by atomic mass is 10.2. The Morgan fingerprint density at radius 2 is 1.82 bits per heavy atom. The first-order chi connectivity index (χ1) is 16.0. The first-order valence-corrected chi connectivity index (χ1v) is 11.2. The fraction of sp³-hybridized carbons (Fsp3) is 0.208. The Morgan fingerprint density at radius 1 is 1.09 bits per heavy atom. The molecule has 0 fully saturated rings. The summed E-state index contributed by atoms with van der Waals surface area (Å²) < 4.78 is 27.3. The minimum atomic E-state index is -0.423. The number of aryl methyl sites for hydroxylation is 2. The number of carbonyl (C=O) groups is 1. The summed E-state index contributed by atoms with van der Waals surface area (Å²) in [7, 11) is 1.59. The number of ether oxygens (including phenoxy) is 2. The first kappa shape index (κ1) is 22.6. The normalized spacial score (nSPS) is 10.9. The smallest absolute Gasteiger partial charge is 0.196 e. The molecule has 2 aromatic carbocycles. The summed E-state index contributed by atoms with van der Waals surface area (Å²) in [5.74, 6) is 1.42. The molecule has 33 heavy (non-hydrogen) atoms. The number of hydrogen-bond donors (Lipinski definition) is 1. The number of carbonyl (C=O) groups excluding carboxylic acids is 1. The molecule has 0 aliphatic rings. The number of thioether (sulfide) groups is 1. The van der Waals surface area contributed by atoms with Gasteiger partial charge in [0.15, 0.2) is 16.8 Å². The summed E-state index contributed by atoms with van der Waals surface area (Å²) in [5, 5.41) is 8.84. The van der Waals surface area contributed by atoms with Gasteiger partial charge in [0.2, 0.25) is 0 Å². The molecular formula is C24H23FN4O3S. The maximum Gasteiger partial charge on any atom is 0.196 e.